The van der Waals surface area contributed by atoms with Crippen molar-refractivity contribution in [3.05, 3.63) is 36.0 Å². The molecule has 1 aromatic heterocycles. The van der Waals surface area contributed by atoms with E-state index < -0.39 is 9.84 Å². The summed E-state index contributed by atoms with van der Waals surface area (Å²) >= 11 is 0. The van der Waals surface area contributed by atoms with Crippen LogP contribution in [0.15, 0.2) is 30.3 Å². The molecule has 0 atom stereocenters. The Balaban J connectivity index is 1.91. The highest BCUT2D eigenvalue weighted by Gasteiger charge is 2.11. The molecule has 126 valence electrons. The molecule has 0 bridgehead atoms. The number of nitrogens with zero attached hydrogens (tertiary/aromatic N) is 2. The molecule has 2 aromatic rings. The summed E-state index contributed by atoms with van der Waals surface area (Å²) in [7, 11) is -1.36. The van der Waals surface area contributed by atoms with Crippen molar-refractivity contribution in [3.63, 3.8) is 0 Å². The standard InChI is InChI=1S/C16H23N3O3S/c1-13-12-14-6-4-5-7-15(14)19(13)10-9-18(2)16(20)17-8-11-23(3,21)22/h4-7,12H,8-11H2,1-3H3,(H,17,20). The number of para-hydroxylation sites is 1. The van der Waals surface area contributed by atoms with Crippen molar-refractivity contribution in [3.8, 4) is 0 Å². The van der Waals surface area contributed by atoms with Gasteiger partial charge in [0.25, 0.3) is 0 Å². The van der Waals surface area contributed by atoms with Crippen molar-refractivity contribution in [2.45, 2.75) is 13.5 Å². The predicted octanol–water partition coefficient (Wildman–Crippen LogP) is 1.64. The molecule has 0 aliphatic heterocycles. The van der Waals surface area contributed by atoms with Gasteiger partial charge in [-0.15, -0.1) is 0 Å². The number of hydrogen-bond acceptors (Lipinski definition) is 3. The van der Waals surface area contributed by atoms with Crippen molar-refractivity contribution in [2.24, 2.45) is 0 Å². The number of aromatic nitrogens is 1. The summed E-state index contributed by atoms with van der Waals surface area (Å²) in [5.74, 6) is -0.0477. The molecule has 0 saturated carbocycles. The number of urea groups is 1. The third-order valence-electron chi connectivity index (χ3n) is 3.77. The number of amides is 2. The van der Waals surface area contributed by atoms with E-state index in [4.69, 9.17) is 0 Å². The Kier molecular flexibility index (Phi) is 5.30. The molecule has 7 heteroatoms. The van der Waals surface area contributed by atoms with E-state index in [1.165, 1.54) is 5.39 Å². The van der Waals surface area contributed by atoms with E-state index in [1.807, 2.05) is 19.1 Å². The summed E-state index contributed by atoms with van der Waals surface area (Å²) in [5.41, 5.74) is 2.30. The Morgan fingerprint density at radius 2 is 2.00 bits per heavy atom. The zero-order chi connectivity index (χ0) is 17.0. The van der Waals surface area contributed by atoms with E-state index in [1.54, 1.807) is 11.9 Å². The Bertz CT molecular complexity index is 796. The molecule has 6 nitrogen and oxygen atoms in total. The molecule has 1 aromatic carbocycles. The lowest BCUT2D eigenvalue weighted by atomic mass is 10.2. The van der Waals surface area contributed by atoms with Gasteiger partial charge in [0, 0.05) is 44.1 Å². The molecule has 0 spiro atoms. The second kappa shape index (κ2) is 7.04. The van der Waals surface area contributed by atoms with Crippen LogP contribution in [0.3, 0.4) is 0 Å². The Morgan fingerprint density at radius 1 is 1.30 bits per heavy atom. The number of hydrogen-bond donors (Lipinski definition) is 1. The maximum Gasteiger partial charge on any atom is 0.317 e. The zero-order valence-corrected chi connectivity index (χ0v) is 14.6. The van der Waals surface area contributed by atoms with E-state index in [-0.39, 0.29) is 18.3 Å². The minimum atomic E-state index is -3.06. The monoisotopic (exact) mass is 337 g/mol. The molecule has 1 heterocycles. The van der Waals surface area contributed by atoms with Gasteiger partial charge in [-0.2, -0.15) is 0 Å². The number of aryl methyl sites for hydroxylation is 1. The fraction of sp³-hybridized carbons (Fsp3) is 0.438. The molecular weight excluding hydrogens is 314 g/mol. The molecule has 0 unspecified atom stereocenters. The number of fused-ring (bicyclic) bond motifs is 1. The number of carbonyl (C=O) groups excluding carboxylic acids is 1. The molecule has 0 fully saturated rings. The van der Waals surface area contributed by atoms with Crippen molar-refractivity contribution in [2.75, 3.05) is 32.1 Å². The maximum atomic E-state index is 11.9. The van der Waals surface area contributed by atoms with Crippen LogP contribution in [0.1, 0.15) is 5.69 Å². The van der Waals surface area contributed by atoms with Crippen LogP contribution >= 0.6 is 0 Å². The third-order valence-corrected chi connectivity index (χ3v) is 4.72. The van der Waals surface area contributed by atoms with Gasteiger partial charge in [-0.3, -0.25) is 0 Å². The van der Waals surface area contributed by atoms with Gasteiger partial charge in [0.2, 0.25) is 0 Å². The number of carbonyl (C=O) groups is 1. The lowest BCUT2D eigenvalue weighted by Crippen LogP contribution is -2.40. The maximum absolute atomic E-state index is 11.9. The smallest absolute Gasteiger partial charge is 0.317 e. The fourth-order valence-corrected chi connectivity index (χ4v) is 2.95. The average Bonchev–Trinajstić information content (AvgIpc) is 2.78. The molecule has 0 aliphatic rings. The van der Waals surface area contributed by atoms with Gasteiger partial charge in [0.1, 0.15) is 9.84 Å². The van der Waals surface area contributed by atoms with Crippen LogP contribution in [-0.4, -0.2) is 56.1 Å². The van der Waals surface area contributed by atoms with Gasteiger partial charge in [0.05, 0.1) is 5.75 Å². The first-order chi connectivity index (χ1) is 10.8. The van der Waals surface area contributed by atoms with E-state index in [0.717, 1.165) is 17.5 Å². The quantitative estimate of drug-likeness (QED) is 0.871. The highest BCUT2D eigenvalue weighted by Crippen LogP contribution is 2.18. The predicted molar refractivity (Wildman–Crippen MR) is 92.4 cm³/mol. The van der Waals surface area contributed by atoms with Crippen LogP contribution in [0.4, 0.5) is 4.79 Å². The van der Waals surface area contributed by atoms with E-state index in [2.05, 4.69) is 28.1 Å². The molecule has 2 amide bonds. The number of sulfone groups is 1. The van der Waals surface area contributed by atoms with E-state index in [0.29, 0.717) is 13.1 Å². The molecular formula is C16H23N3O3S. The van der Waals surface area contributed by atoms with E-state index in [9.17, 15) is 13.2 Å². The third kappa shape index (κ3) is 4.72. The summed E-state index contributed by atoms with van der Waals surface area (Å²) < 4.78 is 24.3. The second-order valence-electron chi connectivity index (χ2n) is 5.78. The van der Waals surface area contributed by atoms with Crippen LogP contribution in [0.5, 0.6) is 0 Å². The van der Waals surface area contributed by atoms with Crippen molar-refractivity contribution < 1.29 is 13.2 Å². The summed E-state index contributed by atoms with van der Waals surface area (Å²) in [6, 6.07) is 10.0. The molecule has 0 saturated heterocycles. The van der Waals surface area contributed by atoms with Crippen LogP contribution in [0.2, 0.25) is 0 Å². The average molecular weight is 337 g/mol. The summed E-state index contributed by atoms with van der Waals surface area (Å²) in [5, 5.41) is 3.80. The minimum absolute atomic E-state index is 0.0477. The van der Waals surface area contributed by atoms with Crippen molar-refractivity contribution >= 4 is 26.8 Å². The summed E-state index contributed by atoms with van der Waals surface area (Å²) in [4.78, 5) is 13.5. The molecule has 2 rings (SSSR count). The lowest BCUT2D eigenvalue weighted by molar-refractivity contribution is 0.208. The van der Waals surface area contributed by atoms with Crippen LogP contribution in [0, 0.1) is 6.92 Å². The number of benzene rings is 1. The first-order valence-corrected chi connectivity index (χ1v) is 9.55. The molecule has 1 N–H and O–H groups in total. The SMILES string of the molecule is Cc1cc2ccccc2n1CCN(C)C(=O)NCCS(C)(=O)=O. The zero-order valence-electron chi connectivity index (χ0n) is 13.7. The Morgan fingerprint density at radius 3 is 2.70 bits per heavy atom. The lowest BCUT2D eigenvalue weighted by Gasteiger charge is -2.19. The van der Waals surface area contributed by atoms with Crippen LogP contribution < -0.4 is 5.32 Å². The second-order valence-corrected chi connectivity index (χ2v) is 8.04. The largest absolute Gasteiger partial charge is 0.343 e. The fourth-order valence-electron chi connectivity index (χ4n) is 2.48. The van der Waals surface area contributed by atoms with Crippen LogP contribution in [-0.2, 0) is 16.4 Å². The number of nitrogens with one attached hydrogen (secondary N) is 1. The van der Waals surface area contributed by atoms with Gasteiger partial charge >= 0.3 is 6.03 Å². The molecule has 23 heavy (non-hydrogen) atoms. The topological polar surface area (TPSA) is 71.4 Å². The Labute approximate surface area is 137 Å². The first kappa shape index (κ1) is 17.3. The highest BCUT2D eigenvalue weighted by molar-refractivity contribution is 7.90. The van der Waals surface area contributed by atoms with Gasteiger partial charge in [-0.25, -0.2) is 13.2 Å². The normalized spacial score (nSPS) is 11.6. The number of likely N-dealkylation sites (N-methyl/N-ethyl adjacent to an activating group) is 1. The van der Waals surface area contributed by atoms with Crippen molar-refractivity contribution in [1.29, 1.82) is 0 Å². The molecule has 0 aliphatic carbocycles. The number of rotatable bonds is 6. The molecule has 0 radical (unpaired) electrons. The first-order valence-electron chi connectivity index (χ1n) is 7.49. The Hall–Kier alpha value is -2.02. The van der Waals surface area contributed by atoms with Crippen LogP contribution in [0.25, 0.3) is 10.9 Å². The van der Waals surface area contributed by atoms with Gasteiger partial charge in [-0.1, -0.05) is 18.2 Å². The summed E-state index contributed by atoms with van der Waals surface area (Å²) in [6.07, 6.45) is 1.16. The van der Waals surface area contributed by atoms with Gasteiger partial charge in [-0.05, 0) is 24.4 Å². The highest BCUT2D eigenvalue weighted by atomic mass is 32.2. The summed E-state index contributed by atoms with van der Waals surface area (Å²) in [6.45, 7) is 3.42. The minimum Gasteiger partial charge on any atom is -0.343 e. The van der Waals surface area contributed by atoms with Gasteiger partial charge < -0.3 is 14.8 Å². The van der Waals surface area contributed by atoms with Gasteiger partial charge in [0.15, 0.2) is 0 Å². The van der Waals surface area contributed by atoms with Crippen molar-refractivity contribution in [1.82, 2.24) is 14.8 Å². The van der Waals surface area contributed by atoms with E-state index >= 15 is 0 Å².